The lowest BCUT2D eigenvalue weighted by Gasteiger charge is -2.24. The lowest BCUT2D eigenvalue weighted by molar-refractivity contribution is -0.384. The van der Waals surface area contributed by atoms with E-state index in [9.17, 15) is 15.4 Å². The molecular weight excluding hydrogens is 394 g/mol. The van der Waals surface area contributed by atoms with Crippen LogP contribution in [-0.2, 0) is 0 Å². The first-order valence-corrected chi connectivity index (χ1v) is 9.46. The Hall–Kier alpha value is -4.64. The molecule has 1 atom stereocenters. The van der Waals surface area contributed by atoms with Gasteiger partial charge in [-0.25, -0.2) is 0 Å². The number of nitro benzene ring substituents is 1. The summed E-state index contributed by atoms with van der Waals surface area (Å²) >= 11 is 0. The van der Waals surface area contributed by atoms with Crippen LogP contribution in [0.5, 0.6) is 5.88 Å². The average Bonchev–Trinajstić information content (AvgIpc) is 3.21. The number of nitrogens with zero attached hydrogens (tertiary/aromatic N) is 3. The number of allylic oxidation sites excluding steroid dienone is 1. The van der Waals surface area contributed by atoms with Crippen LogP contribution in [-0.4, -0.2) is 15.1 Å². The second-order valence-corrected chi connectivity index (χ2v) is 7.16. The van der Waals surface area contributed by atoms with Gasteiger partial charge >= 0.3 is 0 Å². The Kier molecular flexibility index (Phi) is 4.15. The molecule has 0 radical (unpaired) electrons. The van der Waals surface area contributed by atoms with Crippen LogP contribution in [0.15, 0.2) is 78.2 Å². The molecule has 8 nitrogen and oxygen atoms in total. The molecule has 0 saturated heterocycles. The van der Waals surface area contributed by atoms with Gasteiger partial charge in [-0.2, -0.15) is 5.26 Å². The first-order chi connectivity index (χ1) is 15.1. The number of H-pyrrole nitrogens is 1. The van der Waals surface area contributed by atoms with Gasteiger partial charge in [-0.1, -0.05) is 48.5 Å². The second-order valence-electron chi connectivity index (χ2n) is 7.16. The average molecular weight is 409 g/mol. The fourth-order valence-corrected chi connectivity index (χ4v) is 3.96. The van der Waals surface area contributed by atoms with Crippen molar-refractivity contribution in [3.05, 3.63) is 99.4 Å². The maximum atomic E-state index is 11.3. The van der Waals surface area contributed by atoms with Gasteiger partial charge in [0.15, 0.2) is 0 Å². The molecule has 0 saturated carbocycles. The fourth-order valence-electron chi connectivity index (χ4n) is 3.96. The highest BCUT2D eigenvalue weighted by Crippen LogP contribution is 2.46. The molecule has 1 aliphatic heterocycles. The smallest absolute Gasteiger partial charge is 0.269 e. The van der Waals surface area contributed by atoms with Gasteiger partial charge in [-0.3, -0.25) is 15.2 Å². The Morgan fingerprint density at radius 3 is 2.68 bits per heavy atom. The maximum Gasteiger partial charge on any atom is 0.269 e. The Balaban J connectivity index is 1.73. The Morgan fingerprint density at radius 1 is 1.10 bits per heavy atom. The van der Waals surface area contributed by atoms with Gasteiger partial charge in [0.2, 0.25) is 11.8 Å². The lowest BCUT2D eigenvalue weighted by atomic mass is 9.82. The number of hydrogen-bond acceptors (Lipinski definition) is 6. The largest absolute Gasteiger partial charge is 0.420 e. The molecule has 8 heteroatoms. The number of rotatable bonds is 3. The van der Waals surface area contributed by atoms with Crippen LogP contribution in [0, 0.1) is 21.4 Å². The molecule has 1 aliphatic rings. The number of benzene rings is 3. The number of ether oxygens (including phenoxy) is 1. The molecule has 150 valence electrons. The van der Waals surface area contributed by atoms with Crippen LogP contribution in [0.25, 0.3) is 22.0 Å². The highest BCUT2D eigenvalue weighted by Gasteiger charge is 2.36. The number of nitriles is 1. The van der Waals surface area contributed by atoms with E-state index in [1.807, 2.05) is 42.5 Å². The minimum atomic E-state index is -0.658. The van der Waals surface area contributed by atoms with Crippen LogP contribution in [0.2, 0.25) is 0 Å². The zero-order valence-corrected chi connectivity index (χ0v) is 16.1. The van der Waals surface area contributed by atoms with Gasteiger partial charge in [0.25, 0.3) is 5.69 Å². The monoisotopic (exact) mass is 409 g/mol. The summed E-state index contributed by atoms with van der Waals surface area (Å²) in [5.41, 5.74) is 8.79. The van der Waals surface area contributed by atoms with Crippen molar-refractivity contribution >= 4 is 16.5 Å². The number of aromatic amines is 1. The number of nitrogens with one attached hydrogen (secondary N) is 1. The van der Waals surface area contributed by atoms with E-state index in [1.54, 1.807) is 12.1 Å². The zero-order chi connectivity index (χ0) is 21.5. The van der Waals surface area contributed by atoms with Crippen LogP contribution >= 0.6 is 0 Å². The lowest BCUT2D eigenvalue weighted by Crippen LogP contribution is -2.21. The van der Waals surface area contributed by atoms with Crippen molar-refractivity contribution in [2.24, 2.45) is 5.73 Å². The minimum absolute atomic E-state index is 0.0666. The summed E-state index contributed by atoms with van der Waals surface area (Å²) in [7, 11) is 0. The number of aromatic nitrogens is 2. The SMILES string of the molecule is N#CC1=C(N)Oc2n[nH]c(-c3ccc4ccccc4c3)c2[C@@H]1c1cccc([N+](=O)[O-])c1. The summed E-state index contributed by atoms with van der Waals surface area (Å²) in [5.74, 6) is -0.479. The van der Waals surface area contributed by atoms with Gasteiger partial charge in [-0.05, 0) is 22.4 Å². The summed E-state index contributed by atoms with van der Waals surface area (Å²) < 4.78 is 5.61. The minimum Gasteiger partial charge on any atom is -0.420 e. The summed E-state index contributed by atoms with van der Waals surface area (Å²) in [4.78, 5) is 10.9. The number of hydrogen-bond donors (Lipinski definition) is 2. The van der Waals surface area contributed by atoms with Crippen LogP contribution < -0.4 is 10.5 Å². The molecule has 31 heavy (non-hydrogen) atoms. The molecule has 0 aliphatic carbocycles. The summed E-state index contributed by atoms with van der Waals surface area (Å²) in [6.45, 7) is 0. The number of non-ortho nitro benzene ring substituents is 1. The van der Waals surface area contributed by atoms with Gasteiger partial charge in [0, 0.05) is 17.7 Å². The van der Waals surface area contributed by atoms with E-state index in [4.69, 9.17) is 10.5 Å². The van der Waals surface area contributed by atoms with Gasteiger partial charge in [0.1, 0.15) is 11.6 Å². The molecule has 5 rings (SSSR count). The predicted octanol–water partition coefficient (Wildman–Crippen LogP) is 4.36. The third kappa shape index (κ3) is 2.96. The van der Waals surface area contributed by atoms with Gasteiger partial charge < -0.3 is 10.5 Å². The number of nitrogens with two attached hydrogens (primary N) is 1. The summed E-state index contributed by atoms with van der Waals surface area (Å²) in [5, 5.41) is 30.5. The fraction of sp³-hybridized carbons (Fsp3) is 0.0435. The Labute approximate surface area is 176 Å². The molecule has 3 N–H and O–H groups in total. The van der Waals surface area contributed by atoms with E-state index in [1.165, 1.54) is 12.1 Å². The quantitative estimate of drug-likeness (QED) is 0.382. The number of fused-ring (bicyclic) bond motifs is 2. The van der Waals surface area contributed by atoms with Crippen LogP contribution in [0.3, 0.4) is 0 Å². The first kappa shape index (κ1) is 18.4. The maximum absolute atomic E-state index is 11.3. The molecule has 0 unspecified atom stereocenters. The van der Waals surface area contributed by atoms with Crippen molar-refractivity contribution in [2.45, 2.75) is 5.92 Å². The zero-order valence-electron chi connectivity index (χ0n) is 16.1. The van der Waals surface area contributed by atoms with Crippen molar-refractivity contribution in [1.29, 1.82) is 5.26 Å². The number of nitro groups is 1. The Bertz CT molecular complexity index is 1430. The molecule has 0 fully saturated rings. The summed E-state index contributed by atoms with van der Waals surface area (Å²) in [6.07, 6.45) is 0. The molecule has 0 bridgehead atoms. The normalized spacial score (nSPS) is 15.3. The topological polar surface area (TPSA) is 131 Å². The highest BCUT2D eigenvalue weighted by atomic mass is 16.6. The predicted molar refractivity (Wildman–Crippen MR) is 114 cm³/mol. The standard InChI is InChI=1S/C23H15N5O3/c24-12-18-19(15-6-3-7-17(11-15)28(29)30)20-21(26-27-23(20)31-22(18)25)16-9-8-13-4-1-2-5-14(13)10-16/h1-11,19H,25H2,(H,26,27)/t19-/m1/s1. The summed E-state index contributed by atoms with van der Waals surface area (Å²) in [6, 6.07) is 22.2. The van der Waals surface area contributed by atoms with Gasteiger partial charge in [0.05, 0.1) is 22.1 Å². The molecular formula is C23H15N5O3. The van der Waals surface area contributed by atoms with Crippen molar-refractivity contribution in [2.75, 3.05) is 0 Å². The van der Waals surface area contributed by atoms with Crippen LogP contribution in [0.4, 0.5) is 5.69 Å². The van der Waals surface area contributed by atoms with E-state index < -0.39 is 10.8 Å². The second kappa shape index (κ2) is 7.00. The molecule has 0 amide bonds. The van der Waals surface area contributed by atoms with E-state index >= 15 is 0 Å². The molecule has 1 aromatic heterocycles. The van der Waals surface area contributed by atoms with Crippen molar-refractivity contribution in [1.82, 2.24) is 10.2 Å². The third-order valence-corrected chi connectivity index (χ3v) is 5.39. The van der Waals surface area contributed by atoms with Crippen molar-refractivity contribution < 1.29 is 9.66 Å². The molecule has 2 heterocycles. The van der Waals surface area contributed by atoms with Crippen molar-refractivity contribution in [3.63, 3.8) is 0 Å². The third-order valence-electron chi connectivity index (χ3n) is 5.39. The Morgan fingerprint density at radius 2 is 1.90 bits per heavy atom. The molecule has 0 spiro atoms. The van der Waals surface area contributed by atoms with Crippen molar-refractivity contribution in [3.8, 4) is 23.2 Å². The van der Waals surface area contributed by atoms with E-state index in [0.29, 0.717) is 16.8 Å². The first-order valence-electron chi connectivity index (χ1n) is 9.46. The van der Waals surface area contributed by atoms with Gasteiger partial charge in [-0.15, -0.1) is 5.10 Å². The highest BCUT2D eigenvalue weighted by molar-refractivity contribution is 5.87. The van der Waals surface area contributed by atoms with Crippen LogP contribution in [0.1, 0.15) is 17.0 Å². The van der Waals surface area contributed by atoms with E-state index in [-0.39, 0.29) is 23.0 Å². The van der Waals surface area contributed by atoms with E-state index in [0.717, 1.165) is 16.3 Å². The molecule has 4 aromatic rings. The molecule has 3 aromatic carbocycles. The van der Waals surface area contributed by atoms with E-state index in [2.05, 4.69) is 16.3 Å².